The Morgan fingerprint density at radius 3 is 2.30 bits per heavy atom. The van der Waals surface area contributed by atoms with Gasteiger partial charge in [0.05, 0.1) is 4.90 Å². The van der Waals surface area contributed by atoms with Crippen LogP contribution in [-0.2, 0) is 23.0 Å². The SMILES string of the molecule is CC(Cc1ccc2c(c1)cc(C(=O)O)n2Cc1ccc(S(=O)(=O)N(C)C(F)(F)F)cc1)NCC(O)COc1ccccc1. The van der Waals surface area contributed by atoms with Crippen LogP contribution in [0.25, 0.3) is 10.9 Å². The van der Waals surface area contributed by atoms with Crippen LogP contribution in [0.1, 0.15) is 28.5 Å². The van der Waals surface area contributed by atoms with E-state index in [1.54, 1.807) is 16.7 Å². The lowest BCUT2D eigenvalue weighted by Gasteiger charge is -2.19. The second-order valence-corrected chi connectivity index (χ2v) is 12.2. The molecule has 0 saturated carbocycles. The number of halogens is 3. The minimum atomic E-state index is -5.07. The number of ether oxygens (including phenoxy) is 1. The highest BCUT2D eigenvalue weighted by atomic mass is 32.2. The quantitative estimate of drug-likeness (QED) is 0.189. The van der Waals surface area contributed by atoms with Gasteiger partial charge in [-0.3, -0.25) is 0 Å². The second-order valence-electron chi connectivity index (χ2n) is 10.2. The number of carbonyl (C=O) groups is 1. The Morgan fingerprint density at radius 1 is 1.02 bits per heavy atom. The second kappa shape index (κ2) is 13.2. The third kappa shape index (κ3) is 7.93. The first kappa shape index (κ1) is 32.0. The van der Waals surface area contributed by atoms with Gasteiger partial charge in [0, 0.05) is 37.1 Å². The van der Waals surface area contributed by atoms with Crippen LogP contribution in [0.2, 0.25) is 0 Å². The summed E-state index contributed by atoms with van der Waals surface area (Å²) < 4.78 is 69.9. The lowest BCUT2D eigenvalue weighted by molar-refractivity contribution is -0.202. The molecule has 230 valence electrons. The molecule has 43 heavy (non-hydrogen) atoms. The predicted octanol–water partition coefficient (Wildman–Crippen LogP) is 4.49. The summed E-state index contributed by atoms with van der Waals surface area (Å²) in [6, 6.07) is 21.1. The van der Waals surface area contributed by atoms with Crippen LogP contribution in [0.5, 0.6) is 5.75 Å². The number of rotatable bonds is 13. The number of sulfonamides is 1. The normalized spacial score (nSPS) is 13.7. The summed E-state index contributed by atoms with van der Waals surface area (Å²) in [6.45, 7) is 2.49. The van der Waals surface area contributed by atoms with E-state index in [4.69, 9.17) is 4.74 Å². The number of aliphatic hydroxyl groups is 1. The van der Waals surface area contributed by atoms with Gasteiger partial charge in [-0.05, 0) is 66.9 Å². The predicted molar refractivity (Wildman–Crippen MR) is 155 cm³/mol. The van der Waals surface area contributed by atoms with E-state index in [9.17, 15) is 36.6 Å². The summed E-state index contributed by atoms with van der Waals surface area (Å²) in [6.07, 6.45) is -5.17. The molecule has 0 bridgehead atoms. The molecule has 0 aliphatic heterocycles. The molecular weight excluding hydrogens is 587 g/mol. The summed E-state index contributed by atoms with van der Waals surface area (Å²) in [4.78, 5) is 11.5. The van der Waals surface area contributed by atoms with Crippen molar-refractivity contribution < 1.29 is 41.3 Å². The van der Waals surface area contributed by atoms with Crippen molar-refractivity contribution in [3.63, 3.8) is 0 Å². The molecule has 1 heterocycles. The molecule has 0 aliphatic carbocycles. The Bertz CT molecular complexity index is 1660. The first-order chi connectivity index (χ1) is 20.3. The van der Waals surface area contributed by atoms with Gasteiger partial charge in [-0.2, -0.15) is 13.2 Å². The van der Waals surface area contributed by atoms with E-state index in [-0.39, 0.29) is 24.9 Å². The van der Waals surface area contributed by atoms with Crippen LogP contribution in [-0.4, -0.2) is 72.1 Å². The Balaban J connectivity index is 1.43. The molecular formula is C30H32F3N3O6S. The minimum absolute atomic E-state index is 0.00367. The standard InChI is InChI=1S/C30H32F3N3O6S/c1-20(34-17-24(37)19-42-25-6-4-3-5-7-25)14-22-10-13-27-23(15-22)16-28(29(38)39)36(27)18-21-8-11-26(12-9-21)43(40,41)35(2)30(31,32)33/h3-13,15-16,20,24,34,37H,14,17-19H2,1-2H3,(H,38,39). The lowest BCUT2D eigenvalue weighted by Crippen LogP contribution is -2.39. The molecule has 1 aromatic heterocycles. The maximum absolute atomic E-state index is 13.0. The van der Waals surface area contributed by atoms with Crippen LogP contribution in [0.3, 0.4) is 0 Å². The molecule has 0 radical (unpaired) electrons. The number of alkyl halides is 3. The van der Waals surface area contributed by atoms with Crippen LogP contribution in [0, 0.1) is 0 Å². The van der Waals surface area contributed by atoms with Gasteiger partial charge in [0.25, 0.3) is 0 Å². The smallest absolute Gasteiger partial charge is 0.473 e. The number of benzene rings is 3. The van der Waals surface area contributed by atoms with Crippen molar-refractivity contribution in [2.45, 2.75) is 43.2 Å². The van der Waals surface area contributed by atoms with E-state index < -0.39 is 37.6 Å². The monoisotopic (exact) mass is 619 g/mol. The maximum Gasteiger partial charge on any atom is 0.473 e. The van der Waals surface area contributed by atoms with Crippen molar-refractivity contribution in [2.75, 3.05) is 20.2 Å². The van der Waals surface area contributed by atoms with Gasteiger partial charge in [-0.1, -0.05) is 36.4 Å². The van der Waals surface area contributed by atoms with Crippen molar-refractivity contribution in [1.82, 2.24) is 14.2 Å². The molecule has 3 aromatic carbocycles. The van der Waals surface area contributed by atoms with Gasteiger partial charge in [-0.15, -0.1) is 4.31 Å². The largest absolute Gasteiger partial charge is 0.491 e. The fourth-order valence-electron chi connectivity index (χ4n) is 4.57. The summed E-state index contributed by atoms with van der Waals surface area (Å²) in [5.41, 5.74) is 2.09. The minimum Gasteiger partial charge on any atom is -0.491 e. The fraction of sp³-hybridized carbons (Fsp3) is 0.300. The molecule has 4 aromatic rings. The van der Waals surface area contributed by atoms with Crippen molar-refractivity contribution in [2.24, 2.45) is 0 Å². The number of carboxylic acids is 1. The van der Waals surface area contributed by atoms with E-state index in [0.717, 1.165) is 17.7 Å². The third-order valence-electron chi connectivity index (χ3n) is 6.89. The van der Waals surface area contributed by atoms with E-state index in [1.165, 1.54) is 12.1 Å². The highest BCUT2D eigenvalue weighted by molar-refractivity contribution is 7.89. The molecule has 3 N–H and O–H groups in total. The van der Waals surface area contributed by atoms with Gasteiger partial charge in [0.2, 0.25) is 10.0 Å². The highest BCUT2D eigenvalue weighted by Gasteiger charge is 2.43. The molecule has 0 fully saturated rings. The number of aliphatic hydroxyl groups excluding tert-OH is 1. The molecule has 4 rings (SSSR count). The number of nitrogens with one attached hydrogen (secondary N) is 1. The summed E-state index contributed by atoms with van der Waals surface area (Å²) in [7, 11) is -4.35. The lowest BCUT2D eigenvalue weighted by atomic mass is 10.0. The van der Waals surface area contributed by atoms with Gasteiger partial charge in [-0.25, -0.2) is 13.2 Å². The van der Waals surface area contributed by atoms with Gasteiger partial charge >= 0.3 is 12.3 Å². The van der Waals surface area contributed by atoms with E-state index in [2.05, 4.69) is 5.32 Å². The number of hydrogen-bond donors (Lipinski definition) is 3. The molecule has 0 aliphatic rings. The average molecular weight is 620 g/mol. The number of nitrogens with zero attached hydrogens (tertiary/aromatic N) is 2. The third-order valence-corrected chi connectivity index (χ3v) is 8.69. The zero-order valence-electron chi connectivity index (χ0n) is 23.5. The van der Waals surface area contributed by atoms with E-state index in [1.807, 2.05) is 49.4 Å². The zero-order valence-corrected chi connectivity index (χ0v) is 24.3. The molecule has 0 spiro atoms. The molecule has 2 atom stereocenters. The Kier molecular flexibility index (Phi) is 9.80. The number of carboxylic acid groups (broad SMARTS) is 1. The summed E-state index contributed by atoms with van der Waals surface area (Å²) in [5.74, 6) is -0.486. The molecule has 9 nitrogen and oxygen atoms in total. The fourth-order valence-corrected chi connectivity index (χ4v) is 5.64. The van der Waals surface area contributed by atoms with Crippen molar-refractivity contribution in [3.8, 4) is 5.75 Å². The molecule has 0 saturated heterocycles. The summed E-state index contributed by atoms with van der Waals surface area (Å²) >= 11 is 0. The first-order valence-electron chi connectivity index (χ1n) is 13.3. The number of aromatic nitrogens is 1. The topological polar surface area (TPSA) is 121 Å². The number of aromatic carboxylic acids is 1. The van der Waals surface area contributed by atoms with Gasteiger partial charge in [0.15, 0.2) is 0 Å². The van der Waals surface area contributed by atoms with Gasteiger partial charge in [0.1, 0.15) is 24.2 Å². The Labute approximate surface area is 247 Å². The Morgan fingerprint density at radius 2 is 1.67 bits per heavy atom. The molecule has 2 unspecified atom stereocenters. The van der Waals surface area contributed by atoms with E-state index >= 15 is 0 Å². The maximum atomic E-state index is 13.0. The van der Waals surface area contributed by atoms with Crippen LogP contribution in [0.4, 0.5) is 13.2 Å². The number of hydrogen-bond acceptors (Lipinski definition) is 6. The average Bonchev–Trinajstić information content (AvgIpc) is 3.32. The first-order valence-corrected chi connectivity index (χ1v) is 14.8. The highest BCUT2D eigenvalue weighted by Crippen LogP contribution is 2.28. The van der Waals surface area contributed by atoms with Crippen LogP contribution in [0.15, 0.2) is 83.8 Å². The van der Waals surface area contributed by atoms with Crippen molar-refractivity contribution in [1.29, 1.82) is 0 Å². The van der Waals surface area contributed by atoms with Crippen molar-refractivity contribution >= 4 is 26.9 Å². The molecule has 0 amide bonds. The van der Waals surface area contributed by atoms with Gasteiger partial charge < -0.3 is 24.8 Å². The zero-order chi connectivity index (χ0) is 31.4. The van der Waals surface area contributed by atoms with Crippen molar-refractivity contribution in [3.05, 3.63) is 95.7 Å². The Hall–Kier alpha value is -3.91. The number of para-hydroxylation sites is 1. The van der Waals surface area contributed by atoms with Crippen LogP contribution >= 0.6 is 0 Å². The molecule has 13 heteroatoms. The number of fused-ring (bicyclic) bond motifs is 1. The van der Waals surface area contributed by atoms with Crippen LogP contribution < -0.4 is 10.1 Å². The van der Waals surface area contributed by atoms with E-state index in [0.29, 0.717) is 42.2 Å². The summed E-state index contributed by atoms with van der Waals surface area (Å²) in [5, 5.41) is 24.1.